The molecule has 2 saturated carbocycles. The lowest BCUT2D eigenvalue weighted by atomic mass is 9.76. The lowest BCUT2D eigenvalue weighted by Gasteiger charge is -2.41. The number of carbonyl (C=O) groups excluding carboxylic acids is 1. The lowest BCUT2D eigenvalue weighted by Crippen LogP contribution is -2.49. The molecule has 3 heteroatoms. The normalized spacial score (nSPS) is 28.8. The van der Waals surface area contributed by atoms with Crippen LogP contribution in [0, 0.1) is 5.41 Å². The second-order valence-corrected chi connectivity index (χ2v) is 7.69. The first kappa shape index (κ1) is 14.4. The molecule has 2 aliphatic carbocycles. The van der Waals surface area contributed by atoms with Gasteiger partial charge in [0.2, 0.25) is 5.91 Å². The summed E-state index contributed by atoms with van der Waals surface area (Å²) in [6.45, 7) is 1.96. The number of piperidine rings is 1. The molecule has 1 spiro atoms. The van der Waals surface area contributed by atoms with Crippen molar-refractivity contribution in [3.63, 3.8) is 0 Å². The van der Waals surface area contributed by atoms with Gasteiger partial charge in [-0.1, -0.05) is 32.1 Å². The molecule has 3 fully saturated rings. The minimum atomic E-state index is -0.197. The number of carbonyl (C=O) groups is 1. The minimum absolute atomic E-state index is 0.197. The Morgan fingerprint density at radius 3 is 2.00 bits per heavy atom. The Balaban J connectivity index is 1.51. The third kappa shape index (κ3) is 3.03. The van der Waals surface area contributed by atoms with Gasteiger partial charge < -0.3 is 10.6 Å². The van der Waals surface area contributed by atoms with Crippen LogP contribution in [0.2, 0.25) is 0 Å². The third-order valence-electron chi connectivity index (χ3n) is 6.19. The van der Waals surface area contributed by atoms with Crippen molar-refractivity contribution >= 4 is 5.91 Å². The summed E-state index contributed by atoms with van der Waals surface area (Å²) in [6.07, 6.45) is 14.4. The van der Waals surface area contributed by atoms with E-state index in [4.69, 9.17) is 5.73 Å². The van der Waals surface area contributed by atoms with Crippen LogP contribution in [0.25, 0.3) is 0 Å². The van der Waals surface area contributed by atoms with Crippen molar-refractivity contribution in [1.82, 2.24) is 4.90 Å². The van der Waals surface area contributed by atoms with E-state index in [1.54, 1.807) is 0 Å². The fourth-order valence-electron chi connectivity index (χ4n) is 4.70. The van der Waals surface area contributed by atoms with Crippen LogP contribution < -0.4 is 5.73 Å². The van der Waals surface area contributed by atoms with Gasteiger partial charge in [0.1, 0.15) is 0 Å². The number of amides is 1. The Kier molecular flexibility index (Phi) is 4.07. The van der Waals surface area contributed by atoms with Gasteiger partial charge in [0.15, 0.2) is 0 Å². The molecule has 3 rings (SSSR count). The van der Waals surface area contributed by atoms with Gasteiger partial charge in [0, 0.05) is 25.0 Å². The summed E-state index contributed by atoms with van der Waals surface area (Å²) in [5.41, 5.74) is 6.84. The number of nitrogens with two attached hydrogens (primary N) is 1. The standard InChI is InChI=1S/C17H30N2O/c18-17(8-2-1-3-9-17)14-15(20)19-12-10-16(11-13-19)6-4-5-7-16/h1-14,18H2. The first-order chi connectivity index (χ1) is 9.61. The molecule has 1 aliphatic heterocycles. The Hall–Kier alpha value is -0.570. The van der Waals surface area contributed by atoms with E-state index >= 15 is 0 Å². The van der Waals surface area contributed by atoms with Crippen LogP contribution in [0.15, 0.2) is 0 Å². The fourth-order valence-corrected chi connectivity index (χ4v) is 4.70. The van der Waals surface area contributed by atoms with E-state index in [9.17, 15) is 4.79 Å². The predicted molar refractivity (Wildman–Crippen MR) is 81.3 cm³/mol. The molecule has 1 amide bonds. The van der Waals surface area contributed by atoms with Gasteiger partial charge in [-0.3, -0.25) is 4.79 Å². The van der Waals surface area contributed by atoms with Crippen molar-refractivity contribution < 1.29 is 4.79 Å². The molecule has 20 heavy (non-hydrogen) atoms. The van der Waals surface area contributed by atoms with Crippen molar-refractivity contribution in [2.45, 2.75) is 82.6 Å². The van der Waals surface area contributed by atoms with Crippen LogP contribution in [0.1, 0.15) is 77.0 Å². The molecule has 0 aromatic rings. The molecule has 3 nitrogen and oxygen atoms in total. The fraction of sp³-hybridized carbons (Fsp3) is 0.941. The molecule has 1 heterocycles. The Labute approximate surface area is 123 Å². The molecule has 114 valence electrons. The van der Waals surface area contributed by atoms with Gasteiger partial charge in [0.25, 0.3) is 0 Å². The third-order valence-corrected chi connectivity index (χ3v) is 6.19. The number of rotatable bonds is 2. The van der Waals surface area contributed by atoms with Crippen LogP contribution in [0.5, 0.6) is 0 Å². The zero-order valence-corrected chi connectivity index (χ0v) is 12.8. The topological polar surface area (TPSA) is 46.3 Å². The summed E-state index contributed by atoms with van der Waals surface area (Å²) in [7, 11) is 0. The van der Waals surface area contributed by atoms with Gasteiger partial charge in [0.05, 0.1) is 0 Å². The molecule has 3 aliphatic rings. The number of hydrogen-bond acceptors (Lipinski definition) is 2. The van der Waals surface area contributed by atoms with Gasteiger partial charge in [-0.05, 0) is 43.9 Å². The Bertz CT molecular complexity index is 344. The van der Waals surface area contributed by atoms with E-state index in [0.717, 1.165) is 25.9 Å². The maximum absolute atomic E-state index is 12.5. The average molecular weight is 278 g/mol. The van der Waals surface area contributed by atoms with Crippen LogP contribution in [0.3, 0.4) is 0 Å². The quantitative estimate of drug-likeness (QED) is 0.843. The Morgan fingerprint density at radius 2 is 1.40 bits per heavy atom. The SMILES string of the molecule is NC1(CC(=O)N2CCC3(CCCC3)CC2)CCCCC1. The first-order valence-electron chi connectivity index (χ1n) is 8.68. The molecule has 0 aromatic carbocycles. The van der Waals surface area contributed by atoms with E-state index in [-0.39, 0.29) is 5.54 Å². The van der Waals surface area contributed by atoms with Crippen molar-refractivity contribution in [1.29, 1.82) is 0 Å². The Morgan fingerprint density at radius 1 is 0.850 bits per heavy atom. The maximum Gasteiger partial charge on any atom is 0.224 e. The monoisotopic (exact) mass is 278 g/mol. The summed E-state index contributed by atoms with van der Waals surface area (Å²) in [6, 6.07) is 0. The molecule has 0 radical (unpaired) electrons. The zero-order valence-electron chi connectivity index (χ0n) is 12.8. The van der Waals surface area contributed by atoms with E-state index in [1.807, 2.05) is 0 Å². The summed E-state index contributed by atoms with van der Waals surface area (Å²) < 4.78 is 0. The van der Waals surface area contributed by atoms with Crippen molar-refractivity contribution in [3.8, 4) is 0 Å². The van der Waals surface area contributed by atoms with E-state index in [2.05, 4.69) is 4.90 Å². The second-order valence-electron chi connectivity index (χ2n) is 7.69. The highest BCUT2D eigenvalue weighted by molar-refractivity contribution is 5.77. The largest absolute Gasteiger partial charge is 0.343 e. The highest BCUT2D eigenvalue weighted by atomic mass is 16.2. The molecule has 2 N–H and O–H groups in total. The van der Waals surface area contributed by atoms with Gasteiger partial charge in [-0.15, -0.1) is 0 Å². The molecule has 0 aromatic heterocycles. The average Bonchev–Trinajstić information content (AvgIpc) is 2.88. The smallest absolute Gasteiger partial charge is 0.224 e. The second kappa shape index (κ2) is 5.67. The molecular weight excluding hydrogens is 248 g/mol. The molecule has 0 unspecified atom stereocenters. The van der Waals surface area contributed by atoms with Gasteiger partial charge in [-0.2, -0.15) is 0 Å². The van der Waals surface area contributed by atoms with Crippen molar-refractivity contribution in [2.24, 2.45) is 11.1 Å². The van der Waals surface area contributed by atoms with Gasteiger partial charge >= 0.3 is 0 Å². The number of nitrogens with zero attached hydrogens (tertiary/aromatic N) is 1. The highest BCUT2D eigenvalue weighted by Crippen LogP contribution is 2.46. The number of hydrogen-bond donors (Lipinski definition) is 1. The number of likely N-dealkylation sites (tertiary alicyclic amines) is 1. The van der Waals surface area contributed by atoms with Crippen LogP contribution in [-0.4, -0.2) is 29.4 Å². The van der Waals surface area contributed by atoms with Crippen molar-refractivity contribution in [3.05, 3.63) is 0 Å². The molecule has 0 atom stereocenters. The van der Waals surface area contributed by atoms with E-state index < -0.39 is 0 Å². The minimum Gasteiger partial charge on any atom is -0.343 e. The summed E-state index contributed by atoms with van der Waals surface area (Å²) >= 11 is 0. The van der Waals surface area contributed by atoms with Crippen LogP contribution in [0.4, 0.5) is 0 Å². The van der Waals surface area contributed by atoms with Crippen LogP contribution >= 0.6 is 0 Å². The summed E-state index contributed by atoms with van der Waals surface area (Å²) in [5, 5.41) is 0. The zero-order chi connectivity index (χ0) is 14.1. The van der Waals surface area contributed by atoms with E-state index in [0.29, 0.717) is 17.7 Å². The molecular formula is C17H30N2O. The van der Waals surface area contributed by atoms with Crippen LogP contribution in [-0.2, 0) is 4.79 Å². The summed E-state index contributed by atoms with van der Waals surface area (Å²) in [5.74, 6) is 0.322. The van der Waals surface area contributed by atoms with Crippen molar-refractivity contribution in [2.75, 3.05) is 13.1 Å². The summed E-state index contributed by atoms with van der Waals surface area (Å²) in [4.78, 5) is 14.6. The highest BCUT2D eigenvalue weighted by Gasteiger charge is 2.39. The lowest BCUT2D eigenvalue weighted by molar-refractivity contribution is -0.135. The van der Waals surface area contributed by atoms with E-state index in [1.165, 1.54) is 57.8 Å². The van der Waals surface area contributed by atoms with Gasteiger partial charge in [-0.25, -0.2) is 0 Å². The maximum atomic E-state index is 12.5. The molecule has 1 saturated heterocycles. The first-order valence-corrected chi connectivity index (χ1v) is 8.68. The predicted octanol–water partition coefficient (Wildman–Crippen LogP) is 3.22. The molecule has 0 bridgehead atoms.